The van der Waals surface area contributed by atoms with Gasteiger partial charge in [0, 0.05) is 12.7 Å². The van der Waals surface area contributed by atoms with E-state index in [9.17, 15) is 23.1 Å². The van der Waals surface area contributed by atoms with Crippen molar-refractivity contribution in [1.29, 1.82) is 0 Å². The summed E-state index contributed by atoms with van der Waals surface area (Å²) in [5.41, 5.74) is -4.19. The van der Waals surface area contributed by atoms with Crippen LogP contribution in [-0.2, 0) is 29.3 Å². The summed E-state index contributed by atoms with van der Waals surface area (Å²) < 4.78 is 63.1. The van der Waals surface area contributed by atoms with E-state index in [0.717, 1.165) is 19.2 Å². The lowest BCUT2D eigenvalue weighted by atomic mass is 9.91. The Morgan fingerprint density at radius 2 is 1.78 bits per heavy atom. The molecule has 1 aliphatic heterocycles. The first-order valence-electron chi connectivity index (χ1n) is 10.6. The van der Waals surface area contributed by atoms with Gasteiger partial charge in [0.25, 0.3) is 5.60 Å². The van der Waals surface area contributed by atoms with Gasteiger partial charge in [-0.15, -0.1) is 0 Å². The van der Waals surface area contributed by atoms with Crippen LogP contribution in [0.25, 0.3) is 0 Å². The molecule has 6 nitrogen and oxygen atoms in total. The van der Waals surface area contributed by atoms with Crippen molar-refractivity contribution in [2.24, 2.45) is 5.92 Å². The number of rotatable bonds is 9. The van der Waals surface area contributed by atoms with Gasteiger partial charge in [0.05, 0.1) is 17.8 Å². The number of benzene rings is 1. The van der Waals surface area contributed by atoms with E-state index in [1.807, 2.05) is 27.7 Å². The lowest BCUT2D eigenvalue weighted by molar-refractivity contribution is -0.277. The lowest BCUT2D eigenvalue weighted by Gasteiger charge is -2.33. The van der Waals surface area contributed by atoms with Crippen molar-refractivity contribution < 1.29 is 42.0 Å². The summed E-state index contributed by atoms with van der Waals surface area (Å²) in [6, 6.07) is 6.56. The Labute approximate surface area is 187 Å². The largest absolute Gasteiger partial charge is 0.460 e. The van der Waals surface area contributed by atoms with Crippen LogP contribution in [0, 0.1) is 5.92 Å². The Morgan fingerprint density at radius 1 is 1.19 bits per heavy atom. The Hall–Kier alpha value is -1.68. The van der Waals surface area contributed by atoms with Crippen LogP contribution in [0.4, 0.5) is 13.2 Å². The van der Waals surface area contributed by atoms with Crippen LogP contribution in [0.1, 0.15) is 53.0 Å². The molecule has 1 saturated heterocycles. The summed E-state index contributed by atoms with van der Waals surface area (Å²) in [7, 11) is 0.799. The molecule has 1 aromatic rings. The predicted octanol–water partition coefficient (Wildman–Crippen LogP) is 4.34. The van der Waals surface area contributed by atoms with Gasteiger partial charge in [-0.2, -0.15) is 13.2 Å². The van der Waals surface area contributed by atoms with E-state index >= 15 is 0 Å². The van der Waals surface area contributed by atoms with E-state index < -0.39 is 47.4 Å². The minimum atomic E-state index is -5.06. The van der Waals surface area contributed by atoms with Gasteiger partial charge in [-0.1, -0.05) is 37.3 Å². The number of carbonyl (C=O) groups excluding carboxylic acids is 1. The van der Waals surface area contributed by atoms with Crippen molar-refractivity contribution in [2.75, 3.05) is 13.7 Å². The predicted molar refractivity (Wildman–Crippen MR) is 111 cm³/mol. The third-order valence-electron chi connectivity index (χ3n) is 5.81. The molecule has 32 heavy (non-hydrogen) atoms. The minimum Gasteiger partial charge on any atom is -0.460 e. The summed E-state index contributed by atoms with van der Waals surface area (Å²) in [6.45, 7) is 8.62. The molecule has 0 bridgehead atoms. The molecule has 1 heterocycles. The molecule has 9 heteroatoms. The number of halogens is 3. The number of carbonyl (C=O) groups is 1. The summed E-state index contributed by atoms with van der Waals surface area (Å²) in [5.74, 6) is -2.70. The Bertz CT molecular complexity index is 765. The van der Waals surface area contributed by atoms with Crippen LogP contribution in [0.15, 0.2) is 30.3 Å². The average molecular weight is 463 g/mol. The topological polar surface area (TPSA) is 74.2 Å². The smallest absolute Gasteiger partial charge is 0.432 e. The second-order valence-corrected chi connectivity index (χ2v) is 9.18. The molecule has 0 amide bonds. The molecule has 0 saturated carbocycles. The van der Waals surface area contributed by atoms with Gasteiger partial charge < -0.3 is 24.1 Å². The number of ether oxygens (including phenoxy) is 4. The van der Waals surface area contributed by atoms with Crippen molar-refractivity contribution in [2.45, 2.75) is 82.8 Å². The number of hydrogen-bond acceptors (Lipinski definition) is 6. The van der Waals surface area contributed by atoms with E-state index in [0.29, 0.717) is 12.8 Å². The first-order valence-corrected chi connectivity index (χ1v) is 10.6. The maximum Gasteiger partial charge on any atom is 0.432 e. The molecular weight excluding hydrogens is 429 g/mol. The van der Waals surface area contributed by atoms with E-state index in [1.54, 1.807) is 6.92 Å². The van der Waals surface area contributed by atoms with Gasteiger partial charge >= 0.3 is 12.1 Å². The highest BCUT2D eigenvalue weighted by molar-refractivity contribution is 5.82. The minimum absolute atomic E-state index is 0.209. The van der Waals surface area contributed by atoms with Gasteiger partial charge in [0.15, 0.2) is 5.79 Å². The van der Waals surface area contributed by atoms with Gasteiger partial charge in [-0.25, -0.2) is 4.79 Å². The van der Waals surface area contributed by atoms with Gasteiger partial charge in [0.2, 0.25) is 0 Å². The fraction of sp³-hybridized carbons (Fsp3) is 0.696. The van der Waals surface area contributed by atoms with Crippen molar-refractivity contribution in [3.05, 3.63) is 35.9 Å². The molecule has 2 rings (SSSR count). The Morgan fingerprint density at radius 3 is 2.25 bits per heavy atom. The highest BCUT2D eigenvalue weighted by atomic mass is 19.4. The van der Waals surface area contributed by atoms with Crippen molar-refractivity contribution >= 4 is 5.97 Å². The van der Waals surface area contributed by atoms with Gasteiger partial charge in [-0.05, 0) is 46.5 Å². The molecule has 0 aromatic heterocycles. The van der Waals surface area contributed by atoms with Crippen LogP contribution < -0.4 is 0 Å². The molecule has 0 spiro atoms. The fourth-order valence-electron chi connectivity index (χ4n) is 4.03. The molecular formula is C23H33F3O6. The van der Waals surface area contributed by atoms with Crippen molar-refractivity contribution in [3.63, 3.8) is 0 Å². The average Bonchev–Trinajstić information content (AvgIpc) is 2.91. The number of esters is 1. The van der Waals surface area contributed by atoms with Crippen LogP contribution in [0.5, 0.6) is 0 Å². The van der Waals surface area contributed by atoms with E-state index in [-0.39, 0.29) is 12.0 Å². The number of hydrogen-bond donors (Lipinski definition) is 1. The molecule has 1 fully saturated rings. The molecule has 182 valence electrons. The number of alkyl halides is 3. The Balaban J connectivity index is 2.01. The van der Waals surface area contributed by atoms with Crippen LogP contribution in [-0.4, -0.2) is 54.6 Å². The summed E-state index contributed by atoms with van der Waals surface area (Å²) in [6.07, 6.45) is -5.36. The zero-order chi connectivity index (χ0) is 24.4. The van der Waals surface area contributed by atoms with Crippen LogP contribution >= 0.6 is 0 Å². The van der Waals surface area contributed by atoms with E-state index in [2.05, 4.69) is 4.74 Å². The van der Waals surface area contributed by atoms with Gasteiger partial charge in [-0.3, -0.25) is 0 Å². The third-order valence-corrected chi connectivity index (χ3v) is 5.81. The van der Waals surface area contributed by atoms with E-state index in [4.69, 9.17) is 14.2 Å². The van der Waals surface area contributed by atoms with Crippen LogP contribution in [0.2, 0.25) is 0 Å². The third kappa shape index (κ3) is 5.62. The van der Waals surface area contributed by atoms with Gasteiger partial charge in [0.1, 0.15) is 6.61 Å². The highest BCUT2D eigenvalue weighted by Gasteiger charge is 2.64. The maximum atomic E-state index is 13.9. The first kappa shape index (κ1) is 26.6. The summed E-state index contributed by atoms with van der Waals surface area (Å²) in [5, 5.41) is 10.4. The maximum absolute atomic E-state index is 13.9. The lowest BCUT2D eigenvalue weighted by Crippen LogP contribution is -2.52. The number of aliphatic hydroxyl groups is 1. The normalized spacial score (nSPS) is 23.9. The second kappa shape index (κ2) is 9.67. The second-order valence-electron chi connectivity index (χ2n) is 9.18. The molecule has 0 aliphatic carbocycles. The fourth-order valence-corrected chi connectivity index (χ4v) is 4.03. The van der Waals surface area contributed by atoms with E-state index in [1.165, 1.54) is 18.2 Å². The quantitative estimate of drug-likeness (QED) is 0.551. The molecule has 0 radical (unpaired) electrons. The van der Waals surface area contributed by atoms with Crippen molar-refractivity contribution in [3.8, 4) is 0 Å². The standard InChI is InChI=1S/C23H33F3O6/c1-15(12-13-18-20(2,3)32-21(4,5)31-18)17(27)14-30-19(28)22(29-6,23(24,25)26)16-10-8-7-9-11-16/h7-11,15,17-18,27H,12-14H2,1-6H3/t15-,17+,18+,22+/m0/s1. The first-order chi connectivity index (χ1) is 14.7. The SMILES string of the molecule is CO[C@@](C(=O)OC[C@@H](O)[C@@H](C)CC[C@H]1OC(C)(C)OC1(C)C)(c1ccccc1)C(F)(F)F. The Kier molecular flexibility index (Phi) is 8.03. The molecule has 1 aliphatic rings. The molecule has 4 atom stereocenters. The molecule has 1 N–H and O–H groups in total. The number of aliphatic hydroxyl groups excluding tert-OH is 1. The number of methoxy groups -OCH3 is 1. The zero-order valence-electron chi connectivity index (χ0n) is 19.4. The molecule has 0 unspecified atom stereocenters. The molecule has 1 aromatic carbocycles. The summed E-state index contributed by atoms with van der Waals surface area (Å²) >= 11 is 0. The monoisotopic (exact) mass is 462 g/mol. The highest BCUT2D eigenvalue weighted by Crippen LogP contribution is 2.43. The zero-order valence-corrected chi connectivity index (χ0v) is 19.4. The summed E-state index contributed by atoms with van der Waals surface area (Å²) in [4.78, 5) is 12.6. The van der Waals surface area contributed by atoms with Crippen LogP contribution in [0.3, 0.4) is 0 Å². The van der Waals surface area contributed by atoms with Crippen molar-refractivity contribution in [1.82, 2.24) is 0 Å².